The van der Waals surface area contributed by atoms with Crippen LogP contribution in [0, 0.1) is 0 Å². The largest absolute Gasteiger partial charge is 0.480 e. The number of aryl methyl sites for hydroxylation is 1. The van der Waals surface area contributed by atoms with E-state index in [4.69, 9.17) is 7.48 Å². The number of aromatic nitrogens is 2. The summed E-state index contributed by atoms with van der Waals surface area (Å²) in [4.78, 5) is 28.1. The first-order valence-electron chi connectivity index (χ1n) is 10.7. The van der Waals surface area contributed by atoms with Crippen molar-refractivity contribution in [3.63, 3.8) is 0 Å². The topological polar surface area (TPSA) is 93.5 Å². The predicted octanol–water partition coefficient (Wildman–Crippen LogP) is 3.66. The van der Waals surface area contributed by atoms with Crippen molar-refractivity contribution in [1.82, 2.24) is 14.9 Å². The van der Waals surface area contributed by atoms with Crippen molar-refractivity contribution >= 4 is 12.1 Å². The van der Waals surface area contributed by atoms with Gasteiger partial charge in [-0.3, -0.25) is 0 Å². The number of hydrogen-bond donors (Lipinski definition) is 2. The van der Waals surface area contributed by atoms with Crippen molar-refractivity contribution in [3.8, 4) is 11.1 Å². The van der Waals surface area contributed by atoms with Crippen molar-refractivity contribution in [2.24, 2.45) is 0 Å². The number of rotatable bonds is 8. The maximum absolute atomic E-state index is 12.5. The number of ether oxygens (including phenoxy) is 1. The quantitative estimate of drug-likeness (QED) is 0.594. The molecule has 0 bridgehead atoms. The molecule has 0 saturated carbocycles. The molecule has 2 aromatic carbocycles. The number of imidazole rings is 1. The van der Waals surface area contributed by atoms with E-state index in [1.54, 1.807) is 17.0 Å². The van der Waals surface area contributed by atoms with Crippen LogP contribution in [-0.4, -0.2) is 39.3 Å². The third kappa shape index (κ3) is 4.20. The van der Waals surface area contributed by atoms with E-state index < -0.39 is 24.5 Å². The Labute approximate surface area is 177 Å². The van der Waals surface area contributed by atoms with Crippen LogP contribution in [0.1, 0.15) is 32.6 Å². The molecule has 2 atom stereocenters. The minimum atomic E-state index is -2.54. The fourth-order valence-corrected chi connectivity index (χ4v) is 3.71. The SMILES string of the molecule is [2H]C(CCn1ccnc1)[C@]([2H])(NC(=O)OCC1c2ccccc2-c2ccccc21)C(=O)O. The van der Waals surface area contributed by atoms with E-state index >= 15 is 0 Å². The average molecular weight is 407 g/mol. The second-order valence-electron chi connectivity index (χ2n) is 6.96. The van der Waals surface area contributed by atoms with Crippen LogP contribution in [0.3, 0.4) is 0 Å². The minimum absolute atomic E-state index is 0.00668. The predicted molar refractivity (Wildman–Crippen MR) is 111 cm³/mol. The van der Waals surface area contributed by atoms with Crippen LogP contribution < -0.4 is 5.32 Å². The minimum Gasteiger partial charge on any atom is -0.480 e. The summed E-state index contributed by atoms with van der Waals surface area (Å²) in [6, 6.07) is 13.2. The monoisotopic (exact) mass is 407 g/mol. The lowest BCUT2D eigenvalue weighted by atomic mass is 9.98. The summed E-state index contributed by atoms with van der Waals surface area (Å²) in [5, 5.41) is 11.6. The highest BCUT2D eigenvalue weighted by atomic mass is 16.5. The van der Waals surface area contributed by atoms with Crippen LogP contribution >= 0.6 is 0 Å². The summed E-state index contributed by atoms with van der Waals surface area (Å²) >= 11 is 0. The van der Waals surface area contributed by atoms with Gasteiger partial charge in [-0.25, -0.2) is 14.6 Å². The second kappa shape index (κ2) is 8.82. The Kier molecular flexibility index (Phi) is 5.07. The maximum atomic E-state index is 12.5. The lowest BCUT2D eigenvalue weighted by Gasteiger charge is -2.17. The van der Waals surface area contributed by atoms with E-state index in [0.717, 1.165) is 22.3 Å². The standard InChI is InChI=1S/C23H23N3O4/c27-22(28)21(10-5-12-26-13-11-24-15-26)25-23(29)30-14-20-18-8-3-1-6-16(18)17-7-2-4-9-19(17)20/h1-4,6-9,11,13,15,20-21H,5,10,12,14H2,(H,25,29)(H,27,28)/t21-/m0/s1/i10D,21D/t10?,21-. The summed E-state index contributed by atoms with van der Waals surface area (Å²) in [5.74, 6) is -1.80. The zero-order valence-corrected chi connectivity index (χ0v) is 16.2. The molecular weight excluding hydrogens is 382 g/mol. The van der Waals surface area contributed by atoms with Gasteiger partial charge in [-0.15, -0.1) is 0 Å². The number of alkyl carbamates (subject to hydrolysis) is 1. The lowest BCUT2D eigenvalue weighted by molar-refractivity contribution is -0.139. The Balaban J connectivity index is 1.42. The highest BCUT2D eigenvalue weighted by molar-refractivity contribution is 5.81. The molecule has 30 heavy (non-hydrogen) atoms. The number of carbonyl (C=O) groups excluding carboxylic acids is 1. The van der Waals surface area contributed by atoms with Gasteiger partial charge in [0.1, 0.15) is 12.6 Å². The number of carboxylic acid groups (broad SMARTS) is 1. The van der Waals surface area contributed by atoms with Crippen LogP contribution in [-0.2, 0) is 16.1 Å². The van der Waals surface area contributed by atoms with Gasteiger partial charge in [-0.05, 0) is 35.1 Å². The number of benzene rings is 2. The van der Waals surface area contributed by atoms with Gasteiger partial charge >= 0.3 is 12.1 Å². The third-order valence-corrected chi connectivity index (χ3v) is 5.11. The Hall–Kier alpha value is -3.61. The summed E-state index contributed by atoms with van der Waals surface area (Å²) in [5.41, 5.74) is 4.19. The number of amides is 1. The number of nitrogens with one attached hydrogen (secondary N) is 1. The first-order valence-corrected chi connectivity index (χ1v) is 9.64. The van der Waals surface area contributed by atoms with E-state index in [9.17, 15) is 14.7 Å². The highest BCUT2D eigenvalue weighted by Gasteiger charge is 2.29. The van der Waals surface area contributed by atoms with E-state index in [2.05, 4.69) is 10.3 Å². The second-order valence-corrected chi connectivity index (χ2v) is 6.96. The van der Waals surface area contributed by atoms with Crippen LogP contribution in [0.2, 0.25) is 0 Å². The van der Waals surface area contributed by atoms with Gasteiger partial charge < -0.3 is 19.7 Å². The van der Waals surface area contributed by atoms with Crippen molar-refractivity contribution in [1.29, 1.82) is 0 Å². The first-order chi connectivity index (χ1) is 15.4. The molecular formula is C23H23N3O4. The summed E-state index contributed by atoms with van der Waals surface area (Å²) in [7, 11) is 0. The fourth-order valence-electron chi connectivity index (χ4n) is 3.71. The molecule has 3 aromatic rings. The molecule has 0 fully saturated rings. The lowest BCUT2D eigenvalue weighted by Crippen LogP contribution is -2.41. The molecule has 154 valence electrons. The van der Waals surface area contributed by atoms with Crippen molar-refractivity contribution in [2.45, 2.75) is 31.3 Å². The number of nitrogens with zero attached hydrogens (tertiary/aromatic N) is 2. The molecule has 7 heteroatoms. The Morgan fingerprint density at radius 3 is 2.47 bits per heavy atom. The van der Waals surface area contributed by atoms with Crippen molar-refractivity contribution in [3.05, 3.63) is 78.4 Å². The van der Waals surface area contributed by atoms with E-state index in [1.807, 2.05) is 48.5 Å². The summed E-state index contributed by atoms with van der Waals surface area (Å²) < 4.78 is 23.4. The van der Waals surface area contributed by atoms with Crippen molar-refractivity contribution < 1.29 is 22.2 Å². The molecule has 0 saturated heterocycles. The molecule has 1 aliphatic rings. The summed E-state index contributed by atoms with van der Waals surface area (Å²) in [6.45, 7) is 0.293. The number of fused-ring (bicyclic) bond motifs is 3. The molecule has 2 N–H and O–H groups in total. The van der Waals surface area contributed by atoms with Gasteiger partial charge in [-0.1, -0.05) is 48.5 Å². The molecule has 7 nitrogen and oxygen atoms in total. The molecule has 1 aliphatic carbocycles. The zero-order chi connectivity index (χ0) is 22.7. The number of aliphatic carboxylic acids is 1. The van der Waals surface area contributed by atoms with E-state index in [-0.39, 0.29) is 18.9 Å². The molecule has 0 spiro atoms. The van der Waals surface area contributed by atoms with E-state index in [1.165, 1.54) is 6.33 Å². The maximum Gasteiger partial charge on any atom is 0.407 e. The normalized spacial score (nSPS) is 16.4. The van der Waals surface area contributed by atoms with Gasteiger partial charge in [0.05, 0.1) is 7.70 Å². The zero-order valence-electron chi connectivity index (χ0n) is 18.2. The van der Waals surface area contributed by atoms with Gasteiger partial charge in [0.25, 0.3) is 0 Å². The molecule has 1 heterocycles. The van der Waals surface area contributed by atoms with Crippen LogP contribution in [0.5, 0.6) is 0 Å². The molecule has 0 aliphatic heterocycles. The molecule has 4 rings (SSSR count). The number of carbonyl (C=O) groups is 2. The Bertz CT molecular complexity index is 1080. The van der Waals surface area contributed by atoms with E-state index in [0.29, 0.717) is 6.54 Å². The first kappa shape index (κ1) is 17.3. The highest BCUT2D eigenvalue weighted by Crippen LogP contribution is 2.44. The van der Waals surface area contributed by atoms with Gasteiger partial charge in [0.2, 0.25) is 0 Å². The average Bonchev–Trinajstić information content (AvgIpc) is 3.42. The Morgan fingerprint density at radius 1 is 1.20 bits per heavy atom. The number of hydrogen-bond acceptors (Lipinski definition) is 4. The van der Waals surface area contributed by atoms with Crippen molar-refractivity contribution in [2.75, 3.05) is 6.61 Å². The summed E-state index contributed by atoms with van der Waals surface area (Å²) in [6.07, 6.45) is 2.37. The molecule has 1 amide bonds. The molecule has 0 radical (unpaired) electrons. The van der Waals surface area contributed by atoms with Gasteiger partial charge in [0, 0.05) is 26.2 Å². The van der Waals surface area contributed by atoms with Gasteiger partial charge in [0.15, 0.2) is 0 Å². The van der Waals surface area contributed by atoms with Crippen LogP contribution in [0.25, 0.3) is 11.1 Å². The Morgan fingerprint density at radius 2 is 1.87 bits per heavy atom. The molecule has 1 aromatic heterocycles. The molecule has 1 unspecified atom stereocenters. The smallest absolute Gasteiger partial charge is 0.407 e. The van der Waals surface area contributed by atoms with Crippen LogP contribution in [0.4, 0.5) is 4.79 Å². The fraction of sp³-hybridized carbons (Fsp3) is 0.261. The third-order valence-electron chi connectivity index (χ3n) is 5.11. The van der Waals surface area contributed by atoms with Gasteiger partial charge in [-0.2, -0.15) is 0 Å². The van der Waals surface area contributed by atoms with Crippen LogP contribution in [0.15, 0.2) is 67.3 Å². The number of carboxylic acids is 1.